The third-order valence-electron chi connectivity index (χ3n) is 7.98. The first-order valence-corrected chi connectivity index (χ1v) is 15.2. The van der Waals surface area contributed by atoms with Gasteiger partial charge in [0.1, 0.15) is 23.9 Å². The molecule has 0 saturated carbocycles. The number of rotatable bonds is 5. The van der Waals surface area contributed by atoms with Crippen LogP contribution in [0.1, 0.15) is 88.0 Å². The number of aliphatic hydroxyl groups excluding tert-OH is 3. The molecule has 1 saturated heterocycles. The fourth-order valence-electron chi connectivity index (χ4n) is 5.28. The van der Waals surface area contributed by atoms with E-state index >= 15 is 0 Å². The Bertz CT molecular complexity index is 1110. The first-order valence-electron chi connectivity index (χ1n) is 15.2. The highest BCUT2D eigenvalue weighted by atomic mass is 16.7. The zero-order valence-corrected chi connectivity index (χ0v) is 27.2. The largest absolute Gasteiger partial charge is 0.459 e. The van der Waals surface area contributed by atoms with Crippen LogP contribution < -0.4 is 0 Å². The Kier molecular flexibility index (Phi) is 14.1. The van der Waals surface area contributed by atoms with Crippen LogP contribution in [0.5, 0.6) is 0 Å². The lowest BCUT2D eigenvalue weighted by Gasteiger charge is -2.47. The van der Waals surface area contributed by atoms with Crippen molar-refractivity contribution in [1.82, 2.24) is 0 Å². The molecule has 3 N–H and O–H groups in total. The molecule has 0 amide bonds. The van der Waals surface area contributed by atoms with Crippen molar-refractivity contribution < 1.29 is 43.9 Å². The number of aliphatic hydroxyl groups is 3. The zero-order chi connectivity index (χ0) is 32.5. The lowest BCUT2D eigenvalue weighted by molar-refractivity contribution is -0.333. The van der Waals surface area contributed by atoms with Crippen molar-refractivity contribution in [3.63, 3.8) is 0 Å². The third-order valence-corrected chi connectivity index (χ3v) is 7.98. The predicted molar refractivity (Wildman–Crippen MR) is 165 cm³/mol. The van der Waals surface area contributed by atoms with Gasteiger partial charge in [0, 0.05) is 24.8 Å². The predicted octanol–water partition coefficient (Wildman–Crippen LogP) is 5.00. The standard InChI is InChI=1S/C34H52O9/c1-10-25-19-22(5)27(36)15-13-12-14-21(4)32(39)41-26(11-2)17-16-20(3)18-23(6)30(25)42-33-29(38)28(37)31(40-24(7)35)34(8,9)43-33/h12-14,16,18-19,25-31,33,36-38H,10-11,15,17H2,1-9H3/b13-12+,20-16+,21-14?,22-19+,23-18+/t25?,26?,27?,28-,29+,30?,31+,33-/m1/s1. The summed E-state index contributed by atoms with van der Waals surface area (Å²) in [5, 5.41) is 32.8. The summed E-state index contributed by atoms with van der Waals surface area (Å²) in [5.41, 5.74) is 1.87. The number of hydrogen-bond donors (Lipinski definition) is 3. The first-order chi connectivity index (χ1) is 20.1. The summed E-state index contributed by atoms with van der Waals surface area (Å²) < 4.78 is 23.6. The summed E-state index contributed by atoms with van der Waals surface area (Å²) in [4.78, 5) is 24.3. The molecule has 43 heavy (non-hydrogen) atoms. The number of hydrogen-bond acceptors (Lipinski definition) is 9. The van der Waals surface area contributed by atoms with E-state index in [9.17, 15) is 24.9 Å². The van der Waals surface area contributed by atoms with Crippen LogP contribution in [0, 0.1) is 5.92 Å². The van der Waals surface area contributed by atoms with E-state index in [0.717, 1.165) is 16.7 Å². The second-order valence-corrected chi connectivity index (χ2v) is 12.2. The van der Waals surface area contributed by atoms with E-state index in [0.29, 0.717) is 31.3 Å². The van der Waals surface area contributed by atoms with Crippen molar-refractivity contribution in [2.24, 2.45) is 5.92 Å². The lowest BCUT2D eigenvalue weighted by Crippen LogP contribution is -2.64. The van der Waals surface area contributed by atoms with Gasteiger partial charge >= 0.3 is 11.9 Å². The van der Waals surface area contributed by atoms with Crippen molar-refractivity contribution >= 4 is 11.9 Å². The van der Waals surface area contributed by atoms with Gasteiger partial charge in [0.2, 0.25) is 0 Å². The maximum Gasteiger partial charge on any atom is 0.333 e. The van der Waals surface area contributed by atoms with E-state index in [2.05, 4.69) is 0 Å². The highest BCUT2D eigenvalue weighted by Crippen LogP contribution is 2.35. The first kappa shape index (κ1) is 36.6. The molecule has 1 fully saturated rings. The van der Waals surface area contributed by atoms with Gasteiger partial charge in [0.15, 0.2) is 12.4 Å². The number of allylic oxidation sites excluding steroid dienone is 4. The minimum absolute atomic E-state index is 0.213. The Balaban J connectivity index is 2.53. The van der Waals surface area contributed by atoms with Crippen molar-refractivity contribution in [1.29, 1.82) is 0 Å². The average molecular weight is 605 g/mol. The highest BCUT2D eigenvalue weighted by molar-refractivity contribution is 5.88. The van der Waals surface area contributed by atoms with Gasteiger partial charge in [-0.1, -0.05) is 55.9 Å². The van der Waals surface area contributed by atoms with Gasteiger partial charge in [-0.15, -0.1) is 0 Å². The highest BCUT2D eigenvalue weighted by Gasteiger charge is 2.52. The molecule has 2 rings (SSSR count). The Labute approximate surface area is 256 Å². The molecule has 0 aromatic carbocycles. The number of cyclic esters (lactones) is 1. The molecule has 9 heteroatoms. The van der Waals surface area contributed by atoms with Crippen LogP contribution in [0.3, 0.4) is 0 Å². The SMILES string of the molecule is CCC1C/C=C(C)/C=C(\C)C(O[C@@H]2OC(C)(C)[C@@H](OC(C)=O)[C@H](O)[C@@H]2O)C(CC)/C=C(\C)C(O)C/C=C/C=C(C)C(=O)O1. The minimum atomic E-state index is -1.48. The van der Waals surface area contributed by atoms with Gasteiger partial charge in [-0.25, -0.2) is 4.79 Å². The van der Waals surface area contributed by atoms with E-state index in [1.54, 1.807) is 39.0 Å². The molecule has 0 aliphatic carbocycles. The molecule has 4 unspecified atom stereocenters. The molecule has 0 spiro atoms. The van der Waals surface area contributed by atoms with Gasteiger partial charge in [-0.05, 0) is 72.0 Å². The topological polar surface area (TPSA) is 132 Å². The Morgan fingerprint density at radius 2 is 1.70 bits per heavy atom. The van der Waals surface area contributed by atoms with E-state index in [1.807, 2.05) is 52.8 Å². The molecule has 2 aliphatic rings. The lowest BCUT2D eigenvalue weighted by atomic mass is 9.88. The number of carbonyl (C=O) groups excluding carboxylic acids is 2. The molecule has 2 heterocycles. The summed E-state index contributed by atoms with van der Waals surface area (Å²) in [6, 6.07) is 0. The minimum Gasteiger partial charge on any atom is -0.459 e. The third kappa shape index (κ3) is 10.5. The Morgan fingerprint density at radius 1 is 1.02 bits per heavy atom. The van der Waals surface area contributed by atoms with Gasteiger partial charge < -0.3 is 34.3 Å². The van der Waals surface area contributed by atoms with Crippen LogP contribution in [-0.4, -0.2) is 75.8 Å². The van der Waals surface area contributed by atoms with Crippen LogP contribution in [-0.2, 0) is 28.5 Å². The van der Waals surface area contributed by atoms with Crippen molar-refractivity contribution in [3.8, 4) is 0 Å². The zero-order valence-electron chi connectivity index (χ0n) is 27.2. The van der Waals surface area contributed by atoms with Crippen LogP contribution in [0.2, 0.25) is 0 Å². The van der Waals surface area contributed by atoms with E-state index < -0.39 is 48.4 Å². The normalized spacial score (nSPS) is 37.5. The summed E-state index contributed by atoms with van der Waals surface area (Å²) in [5.74, 6) is -1.18. The van der Waals surface area contributed by atoms with Crippen LogP contribution in [0.25, 0.3) is 0 Å². The number of ether oxygens (including phenoxy) is 4. The van der Waals surface area contributed by atoms with Crippen LogP contribution in [0.15, 0.2) is 58.7 Å². The van der Waals surface area contributed by atoms with E-state index in [-0.39, 0.29) is 18.0 Å². The molecular weight excluding hydrogens is 552 g/mol. The molecule has 9 nitrogen and oxygen atoms in total. The average Bonchev–Trinajstić information content (AvgIpc) is 2.94. The maximum absolute atomic E-state index is 12.6. The van der Waals surface area contributed by atoms with Gasteiger partial charge in [0.25, 0.3) is 0 Å². The Hall–Kier alpha value is -2.56. The second kappa shape index (κ2) is 16.5. The van der Waals surface area contributed by atoms with Gasteiger partial charge in [-0.3, -0.25) is 4.79 Å². The Morgan fingerprint density at radius 3 is 2.30 bits per heavy atom. The van der Waals surface area contributed by atoms with Gasteiger partial charge in [-0.2, -0.15) is 0 Å². The molecule has 8 atom stereocenters. The maximum atomic E-state index is 12.6. The van der Waals surface area contributed by atoms with Crippen molar-refractivity contribution in [3.05, 3.63) is 58.7 Å². The molecule has 0 bridgehead atoms. The molecule has 0 aromatic heterocycles. The number of carbonyl (C=O) groups is 2. The summed E-state index contributed by atoms with van der Waals surface area (Å²) >= 11 is 0. The summed E-state index contributed by atoms with van der Waals surface area (Å²) in [6.07, 6.45) is 6.55. The van der Waals surface area contributed by atoms with Crippen molar-refractivity contribution in [2.45, 2.75) is 137 Å². The monoisotopic (exact) mass is 604 g/mol. The summed E-state index contributed by atoms with van der Waals surface area (Å²) in [6.45, 7) is 16.0. The second-order valence-electron chi connectivity index (χ2n) is 12.2. The molecule has 0 radical (unpaired) electrons. The fraction of sp³-hybridized carbons (Fsp3) is 0.647. The van der Waals surface area contributed by atoms with Gasteiger partial charge in [0.05, 0.1) is 12.2 Å². The van der Waals surface area contributed by atoms with Crippen LogP contribution in [0.4, 0.5) is 0 Å². The van der Waals surface area contributed by atoms with Crippen molar-refractivity contribution in [2.75, 3.05) is 0 Å². The smallest absolute Gasteiger partial charge is 0.333 e. The summed E-state index contributed by atoms with van der Waals surface area (Å²) in [7, 11) is 0. The van der Waals surface area contributed by atoms with Crippen LogP contribution >= 0.6 is 0 Å². The van der Waals surface area contributed by atoms with E-state index in [1.165, 1.54) is 6.92 Å². The molecular formula is C34H52O9. The molecule has 2 aliphatic heterocycles. The quantitative estimate of drug-likeness (QED) is 0.293. The molecule has 0 aromatic rings. The molecule has 242 valence electrons. The number of esters is 2. The van der Waals surface area contributed by atoms with E-state index in [4.69, 9.17) is 18.9 Å². The fourth-order valence-corrected chi connectivity index (χ4v) is 5.28.